The van der Waals surface area contributed by atoms with E-state index in [1.54, 1.807) is 12.4 Å². The van der Waals surface area contributed by atoms with Gasteiger partial charge < -0.3 is 9.47 Å². The van der Waals surface area contributed by atoms with Gasteiger partial charge in [0.05, 0.1) is 6.54 Å². The highest BCUT2D eigenvalue weighted by atomic mass is 35.5. The van der Waals surface area contributed by atoms with E-state index in [-0.39, 0.29) is 12.5 Å². The molecule has 1 aliphatic rings. The van der Waals surface area contributed by atoms with Gasteiger partial charge in [-0.3, -0.25) is 0 Å². The Kier molecular flexibility index (Phi) is 4.65. The summed E-state index contributed by atoms with van der Waals surface area (Å²) in [7, 11) is 0. The summed E-state index contributed by atoms with van der Waals surface area (Å²) in [6.45, 7) is 0.547. The van der Waals surface area contributed by atoms with Crippen molar-refractivity contribution in [3.63, 3.8) is 0 Å². The first-order valence-corrected chi connectivity index (χ1v) is 10.2. The molecule has 2 aromatic heterocycles. The molecule has 0 aliphatic carbocycles. The summed E-state index contributed by atoms with van der Waals surface area (Å²) >= 11 is 7.47. The zero-order chi connectivity index (χ0) is 19.8. The number of fused-ring (bicyclic) bond motifs is 2. The van der Waals surface area contributed by atoms with Crippen LogP contribution in [-0.4, -0.2) is 26.0 Å². The van der Waals surface area contributed by atoms with Crippen LogP contribution < -0.4 is 15.2 Å². The molecule has 3 heterocycles. The molecule has 0 fully saturated rings. The number of thioether (sulfide) groups is 1. The van der Waals surface area contributed by atoms with Crippen molar-refractivity contribution in [1.29, 1.82) is 0 Å². The molecule has 5 rings (SSSR count). The second-order valence-corrected chi connectivity index (χ2v) is 7.87. The van der Waals surface area contributed by atoms with Crippen LogP contribution >= 0.6 is 23.4 Å². The predicted molar refractivity (Wildman–Crippen MR) is 110 cm³/mol. The summed E-state index contributed by atoms with van der Waals surface area (Å²) in [5, 5.41) is 5.92. The van der Waals surface area contributed by atoms with E-state index in [1.807, 2.05) is 42.5 Å². The quantitative estimate of drug-likeness (QED) is 0.454. The van der Waals surface area contributed by atoms with E-state index in [1.165, 1.54) is 20.8 Å². The van der Waals surface area contributed by atoms with Crippen LogP contribution in [0.4, 0.5) is 0 Å². The highest BCUT2D eigenvalue weighted by Crippen LogP contribution is 2.32. The summed E-state index contributed by atoms with van der Waals surface area (Å²) in [5.74, 6) is 2.09. The monoisotopic (exact) mass is 426 g/mol. The number of hydrogen-bond acceptors (Lipinski definition) is 6. The Bertz CT molecular complexity index is 1250. The molecule has 0 bridgehead atoms. The van der Waals surface area contributed by atoms with E-state index in [0.29, 0.717) is 39.5 Å². The zero-order valence-corrected chi connectivity index (χ0v) is 16.7. The van der Waals surface area contributed by atoms with Crippen LogP contribution in [0.2, 0.25) is 5.02 Å². The van der Waals surface area contributed by atoms with Crippen molar-refractivity contribution in [2.45, 2.75) is 17.3 Å². The van der Waals surface area contributed by atoms with Gasteiger partial charge in [-0.15, -0.1) is 5.10 Å². The van der Waals surface area contributed by atoms with Crippen LogP contribution in [0.3, 0.4) is 0 Å². The Morgan fingerprint density at radius 3 is 2.72 bits per heavy atom. The highest BCUT2D eigenvalue weighted by Gasteiger charge is 2.16. The Hall–Kier alpha value is -2.97. The molecule has 0 saturated heterocycles. The molecule has 7 nitrogen and oxygen atoms in total. The SMILES string of the molecule is O=c1n(Cc2ccc3c(c2)OCO3)nc2c(SCc3ccc(Cl)cc3)nccn12. The van der Waals surface area contributed by atoms with Gasteiger partial charge in [-0.1, -0.05) is 41.6 Å². The number of hydrogen-bond donors (Lipinski definition) is 0. The fraction of sp³-hybridized carbons (Fsp3) is 0.150. The smallest absolute Gasteiger partial charge is 0.350 e. The Labute approximate surface area is 174 Å². The fourth-order valence-corrected chi connectivity index (χ4v) is 4.10. The molecular formula is C20H15ClN4O3S. The maximum Gasteiger partial charge on any atom is 0.350 e. The van der Waals surface area contributed by atoms with Crippen molar-refractivity contribution in [3.05, 3.63) is 81.5 Å². The van der Waals surface area contributed by atoms with Gasteiger partial charge in [0.1, 0.15) is 5.03 Å². The van der Waals surface area contributed by atoms with Crippen molar-refractivity contribution < 1.29 is 9.47 Å². The van der Waals surface area contributed by atoms with Crippen LogP contribution in [0.5, 0.6) is 11.5 Å². The summed E-state index contributed by atoms with van der Waals surface area (Å²) in [5.41, 5.74) is 2.35. The van der Waals surface area contributed by atoms with E-state index in [9.17, 15) is 4.79 Å². The number of halogens is 1. The van der Waals surface area contributed by atoms with Crippen molar-refractivity contribution in [2.24, 2.45) is 0 Å². The van der Waals surface area contributed by atoms with Gasteiger partial charge in [0.15, 0.2) is 17.1 Å². The second-order valence-electron chi connectivity index (χ2n) is 6.47. The zero-order valence-electron chi connectivity index (χ0n) is 15.1. The number of ether oxygens (including phenoxy) is 2. The third-order valence-corrected chi connectivity index (χ3v) is 5.82. The van der Waals surface area contributed by atoms with Gasteiger partial charge in [0, 0.05) is 23.2 Å². The molecule has 2 aromatic carbocycles. The van der Waals surface area contributed by atoms with Gasteiger partial charge >= 0.3 is 5.69 Å². The molecular weight excluding hydrogens is 412 g/mol. The standard InChI is InChI=1S/C20H15ClN4O3S/c21-15-4-1-13(2-5-15)11-29-19-18-23-25(20(26)24(18)8-7-22-19)10-14-3-6-16-17(9-14)28-12-27-16/h1-9H,10-12H2. The van der Waals surface area contributed by atoms with E-state index in [0.717, 1.165) is 11.1 Å². The molecule has 1 aliphatic heterocycles. The lowest BCUT2D eigenvalue weighted by molar-refractivity contribution is 0.174. The highest BCUT2D eigenvalue weighted by molar-refractivity contribution is 7.98. The van der Waals surface area contributed by atoms with E-state index in [4.69, 9.17) is 21.1 Å². The van der Waals surface area contributed by atoms with Gasteiger partial charge in [-0.25, -0.2) is 18.9 Å². The lowest BCUT2D eigenvalue weighted by atomic mass is 10.2. The lowest BCUT2D eigenvalue weighted by Gasteiger charge is -2.02. The second kappa shape index (κ2) is 7.46. The maximum atomic E-state index is 12.8. The Morgan fingerprint density at radius 2 is 1.86 bits per heavy atom. The summed E-state index contributed by atoms with van der Waals surface area (Å²) in [4.78, 5) is 17.2. The minimum atomic E-state index is -0.214. The minimum Gasteiger partial charge on any atom is -0.454 e. The summed E-state index contributed by atoms with van der Waals surface area (Å²) in [6.07, 6.45) is 3.25. The third-order valence-electron chi connectivity index (χ3n) is 4.53. The average Bonchev–Trinajstić information content (AvgIpc) is 3.32. The van der Waals surface area contributed by atoms with Crippen LogP contribution in [0, 0.1) is 0 Å². The molecule has 0 radical (unpaired) electrons. The van der Waals surface area contributed by atoms with Gasteiger partial charge in [0.25, 0.3) is 0 Å². The molecule has 0 saturated carbocycles. The molecule has 0 unspecified atom stereocenters. The molecule has 146 valence electrons. The third kappa shape index (κ3) is 3.56. The van der Waals surface area contributed by atoms with Crippen molar-refractivity contribution in [1.82, 2.24) is 19.2 Å². The van der Waals surface area contributed by atoms with Gasteiger partial charge in [-0.2, -0.15) is 0 Å². The molecule has 0 spiro atoms. The molecule has 0 N–H and O–H groups in total. The van der Waals surface area contributed by atoms with Crippen molar-refractivity contribution in [2.75, 3.05) is 6.79 Å². The van der Waals surface area contributed by atoms with Crippen LogP contribution in [0.1, 0.15) is 11.1 Å². The topological polar surface area (TPSA) is 70.7 Å². The van der Waals surface area contributed by atoms with E-state index >= 15 is 0 Å². The summed E-state index contributed by atoms with van der Waals surface area (Å²) in [6, 6.07) is 13.3. The van der Waals surface area contributed by atoms with E-state index in [2.05, 4.69) is 10.1 Å². The first kappa shape index (κ1) is 18.1. The number of benzene rings is 2. The number of aromatic nitrogens is 4. The van der Waals surface area contributed by atoms with Crippen LogP contribution in [0.25, 0.3) is 5.65 Å². The van der Waals surface area contributed by atoms with E-state index < -0.39 is 0 Å². The Balaban J connectivity index is 1.42. The molecule has 29 heavy (non-hydrogen) atoms. The van der Waals surface area contributed by atoms with Crippen LogP contribution in [0.15, 0.2) is 64.7 Å². The van der Waals surface area contributed by atoms with Gasteiger partial charge in [0.2, 0.25) is 6.79 Å². The normalized spacial score (nSPS) is 12.6. The van der Waals surface area contributed by atoms with Crippen molar-refractivity contribution in [3.8, 4) is 11.5 Å². The molecule has 4 aromatic rings. The first-order chi connectivity index (χ1) is 14.2. The largest absolute Gasteiger partial charge is 0.454 e. The van der Waals surface area contributed by atoms with Crippen molar-refractivity contribution >= 4 is 29.0 Å². The molecule has 9 heteroatoms. The first-order valence-electron chi connectivity index (χ1n) is 8.87. The molecule has 0 atom stereocenters. The summed E-state index contributed by atoms with van der Waals surface area (Å²) < 4.78 is 13.7. The number of nitrogens with zero attached hydrogens (tertiary/aromatic N) is 4. The average molecular weight is 427 g/mol. The fourth-order valence-electron chi connectivity index (χ4n) is 3.08. The number of rotatable bonds is 5. The lowest BCUT2D eigenvalue weighted by Crippen LogP contribution is -2.21. The van der Waals surface area contributed by atoms with Crippen LogP contribution in [-0.2, 0) is 12.3 Å². The Morgan fingerprint density at radius 1 is 1.07 bits per heavy atom. The predicted octanol–water partition coefficient (Wildman–Crippen LogP) is 3.61. The van der Waals surface area contributed by atoms with Gasteiger partial charge in [-0.05, 0) is 35.4 Å². The maximum absolute atomic E-state index is 12.8. The molecule has 0 amide bonds. The minimum absolute atomic E-state index is 0.214.